The van der Waals surface area contributed by atoms with Crippen LogP contribution in [0.3, 0.4) is 0 Å². The molecular weight excluding hydrogens is 164 g/mol. The molecule has 1 fully saturated rings. The molecule has 76 valence electrons. The van der Waals surface area contributed by atoms with Crippen LogP contribution in [-0.4, -0.2) is 11.1 Å². The Hall–Kier alpha value is -0.530. The molecule has 1 N–H and O–H groups in total. The van der Waals surface area contributed by atoms with Crippen molar-refractivity contribution in [3.8, 4) is 0 Å². The Labute approximate surface area is 80.3 Å². The van der Waals surface area contributed by atoms with Crippen LogP contribution >= 0.6 is 0 Å². The standard InChI is InChI=1S/C11H20O2/c1-7-4-5-10(9(7)3)8(2)6-11(12)13/h7-10H,4-6H2,1-3H3,(H,12,13)/t7-,8?,9-,10-/m1/s1. The van der Waals surface area contributed by atoms with Gasteiger partial charge in [-0.3, -0.25) is 4.79 Å². The molecule has 0 bridgehead atoms. The van der Waals surface area contributed by atoms with Gasteiger partial charge in [-0.1, -0.05) is 27.2 Å². The van der Waals surface area contributed by atoms with E-state index in [9.17, 15) is 4.79 Å². The molecule has 0 saturated heterocycles. The number of carboxylic acids is 1. The molecule has 1 saturated carbocycles. The highest BCUT2D eigenvalue weighted by Crippen LogP contribution is 2.41. The van der Waals surface area contributed by atoms with Gasteiger partial charge in [-0.15, -0.1) is 0 Å². The van der Waals surface area contributed by atoms with Gasteiger partial charge < -0.3 is 5.11 Å². The van der Waals surface area contributed by atoms with Gasteiger partial charge in [0.1, 0.15) is 0 Å². The second-order valence-electron chi connectivity index (χ2n) is 4.65. The van der Waals surface area contributed by atoms with E-state index in [0.717, 1.165) is 5.92 Å². The number of carboxylic acid groups (broad SMARTS) is 1. The molecule has 1 unspecified atom stereocenters. The maximum Gasteiger partial charge on any atom is 0.303 e. The summed E-state index contributed by atoms with van der Waals surface area (Å²) in [5, 5.41) is 8.70. The van der Waals surface area contributed by atoms with Crippen LogP contribution in [-0.2, 0) is 4.79 Å². The van der Waals surface area contributed by atoms with Crippen molar-refractivity contribution in [1.82, 2.24) is 0 Å². The monoisotopic (exact) mass is 184 g/mol. The van der Waals surface area contributed by atoms with E-state index in [1.54, 1.807) is 0 Å². The Morgan fingerprint density at radius 1 is 1.46 bits per heavy atom. The van der Waals surface area contributed by atoms with Crippen LogP contribution in [0.25, 0.3) is 0 Å². The summed E-state index contributed by atoms with van der Waals surface area (Å²) in [5.74, 6) is 1.80. The number of carbonyl (C=O) groups is 1. The van der Waals surface area contributed by atoms with E-state index in [-0.39, 0.29) is 0 Å². The van der Waals surface area contributed by atoms with Gasteiger partial charge in [-0.2, -0.15) is 0 Å². The molecule has 0 aromatic carbocycles. The molecule has 1 rings (SSSR count). The lowest BCUT2D eigenvalue weighted by Gasteiger charge is -2.23. The molecule has 13 heavy (non-hydrogen) atoms. The quantitative estimate of drug-likeness (QED) is 0.732. The SMILES string of the molecule is CC(CC(=O)O)[C@H]1CC[C@@H](C)[C@H]1C. The molecule has 0 aromatic rings. The van der Waals surface area contributed by atoms with Gasteiger partial charge in [0.15, 0.2) is 0 Å². The summed E-state index contributed by atoms with van der Waals surface area (Å²) in [5.41, 5.74) is 0. The highest BCUT2D eigenvalue weighted by molar-refractivity contribution is 5.67. The van der Waals surface area contributed by atoms with Crippen molar-refractivity contribution in [3.63, 3.8) is 0 Å². The number of hydrogen-bond donors (Lipinski definition) is 1. The Balaban J connectivity index is 2.47. The first-order valence-electron chi connectivity index (χ1n) is 5.24. The van der Waals surface area contributed by atoms with Crippen molar-refractivity contribution in [3.05, 3.63) is 0 Å². The Morgan fingerprint density at radius 3 is 2.46 bits per heavy atom. The summed E-state index contributed by atoms with van der Waals surface area (Å²) in [7, 11) is 0. The first kappa shape index (κ1) is 10.6. The predicted octanol–water partition coefficient (Wildman–Crippen LogP) is 2.78. The molecule has 0 heterocycles. The summed E-state index contributed by atoms with van der Waals surface area (Å²) >= 11 is 0. The van der Waals surface area contributed by atoms with Crippen LogP contribution in [0, 0.1) is 23.7 Å². The molecular formula is C11H20O2. The molecule has 4 atom stereocenters. The zero-order chi connectivity index (χ0) is 10.0. The second-order valence-corrected chi connectivity index (χ2v) is 4.65. The fourth-order valence-corrected chi connectivity index (χ4v) is 2.63. The summed E-state index contributed by atoms with van der Waals surface area (Å²) in [6.07, 6.45) is 2.83. The lowest BCUT2D eigenvalue weighted by atomic mass is 9.82. The van der Waals surface area contributed by atoms with Gasteiger partial charge in [-0.25, -0.2) is 0 Å². The summed E-state index contributed by atoms with van der Waals surface area (Å²) < 4.78 is 0. The molecule has 2 heteroatoms. The van der Waals surface area contributed by atoms with Crippen LogP contribution in [0.4, 0.5) is 0 Å². The molecule has 1 aliphatic rings. The van der Waals surface area contributed by atoms with E-state index < -0.39 is 5.97 Å². The topological polar surface area (TPSA) is 37.3 Å². The van der Waals surface area contributed by atoms with Crippen LogP contribution in [0.15, 0.2) is 0 Å². The lowest BCUT2D eigenvalue weighted by Crippen LogP contribution is -2.19. The first-order valence-corrected chi connectivity index (χ1v) is 5.24. The Bertz CT molecular complexity index is 189. The third-order valence-electron chi connectivity index (χ3n) is 3.76. The average molecular weight is 184 g/mol. The largest absolute Gasteiger partial charge is 0.481 e. The summed E-state index contributed by atoms with van der Waals surface area (Å²) in [6.45, 7) is 6.62. The molecule has 0 amide bonds. The van der Waals surface area contributed by atoms with Crippen molar-refractivity contribution < 1.29 is 9.90 Å². The molecule has 0 aliphatic heterocycles. The minimum atomic E-state index is -0.653. The van der Waals surface area contributed by atoms with Gasteiger partial charge in [0, 0.05) is 6.42 Å². The molecule has 0 spiro atoms. The maximum atomic E-state index is 10.6. The van der Waals surface area contributed by atoms with Crippen LogP contribution in [0.5, 0.6) is 0 Å². The van der Waals surface area contributed by atoms with Gasteiger partial charge >= 0.3 is 5.97 Å². The number of rotatable bonds is 3. The van der Waals surface area contributed by atoms with Gasteiger partial charge in [0.2, 0.25) is 0 Å². The smallest absolute Gasteiger partial charge is 0.303 e. The summed E-state index contributed by atoms with van der Waals surface area (Å²) in [4.78, 5) is 10.6. The van der Waals surface area contributed by atoms with E-state index in [0.29, 0.717) is 24.2 Å². The van der Waals surface area contributed by atoms with Crippen LogP contribution in [0.2, 0.25) is 0 Å². The first-order chi connectivity index (χ1) is 6.02. The third-order valence-corrected chi connectivity index (χ3v) is 3.76. The van der Waals surface area contributed by atoms with Gasteiger partial charge in [0.05, 0.1) is 0 Å². The predicted molar refractivity (Wildman–Crippen MR) is 52.5 cm³/mol. The fourth-order valence-electron chi connectivity index (χ4n) is 2.63. The Morgan fingerprint density at radius 2 is 2.08 bits per heavy atom. The highest BCUT2D eigenvalue weighted by atomic mass is 16.4. The number of aliphatic carboxylic acids is 1. The lowest BCUT2D eigenvalue weighted by molar-refractivity contribution is -0.138. The van der Waals surface area contributed by atoms with E-state index in [1.807, 2.05) is 0 Å². The van der Waals surface area contributed by atoms with E-state index in [2.05, 4.69) is 20.8 Å². The van der Waals surface area contributed by atoms with E-state index in [4.69, 9.17) is 5.11 Å². The van der Waals surface area contributed by atoms with Gasteiger partial charge in [-0.05, 0) is 30.1 Å². The maximum absolute atomic E-state index is 10.6. The summed E-state index contributed by atoms with van der Waals surface area (Å²) in [6, 6.07) is 0. The average Bonchev–Trinajstić information content (AvgIpc) is 2.31. The minimum absolute atomic E-state index is 0.335. The molecule has 0 radical (unpaired) electrons. The van der Waals surface area contributed by atoms with Gasteiger partial charge in [0.25, 0.3) is 0 Å². The van der Waals surface area contributed by atoms with Crippen molar-refractivity contribution in [2.45, 2.75) is 40.0 Å². The highest BCUT2D eigenvalue weighted by Gasteiger charge is 2.33. The second kappa shape index (κ2) is 4.12. The third kappa shape index (κ3) is 2.45. The Kier molecular flexibility index (Phi) is 3.34. The molecule has 2 nitrogen and oxygen atoms in total. The van der Waals surface area contributed by atoms with E-state index in [1.165, 1.54) is 12.8 Å². The zero-order valence-corrected chi connectivity index (χ0v) is 8.79. The van der Waals surface area contributed by atoms with Crippen molar-refractivity contribution in [2.24, 2.45) is 23.7 Å². The van der Waals surface area contributed by atoms with Crippen molar-refractivity contribution in [2.75, 3.05) is 0 Å². The van der Waals surface area contributed by atoms with Crippen molar-refractivity contribution in [1.29, 1.82) is 0 Å². The number of hydrogen-bond acceptors (Lipinski definition) is 1. The van der Waals surface area contributed by atoms with Crippen LogP contribution < -0.4 is 0 Å². The fraction of sp³-hybridized carbons (Fsp3) is 0.909. The minimum Gasteiger partial charge on any atom is -0.481 e. The molecule has 0 aromatic heterocycles. The van der Waals surface area contributed by atoms with Crippen molar-refractivity contribution >= 4 is 5.97 Å². The van der Waals surface area contributed by atoms with Crippen LogP contribution in [0.1, 0.15) is 40.0 Å². The zero-order valence-electron chi connectivity index (χ0n) is 8.79. The van der Waals surface area contributed by atoms with E-state index >= 15 is 0 Å². The normalized spacial score (nSPS) is 36.1. The molecule has 1 aliphatic carbocycles.